The number of halogens is 1. The molecule has 0 spiro atoms. The number of ether oxygens (including phenoxy) is 2. The zero-order chi connectivity index (χ0) is 18.5. The molecule has 3 rings (SSSR count). The molecule has 7 heteroatoms. The van der Waals surface area contributed by atoms with Crippen molar-refractivity contribution in [2.45, 2.75) is 18.8 Å². The Hall–Kier alpha value is -2.73. The summed E-state index contributed by atoms with van der Waals surface area (Å²) in [6.45, 7) is 0.957. The molecule has 6 nitrogen and oxygen atoms in total. The molecule has 0 radical (unpaired) electrons. The molecule has 0 aliphatic carbocycles. The highest BCUT2D eigenvalue weighted by Gasteiger charge is 2.20. The van der Waals surface area contributed by atoms with Gasteiger partial charge in [-0.25, -0.2) is 0 Å². The first-order valence-corrected chi connectivity index (χ1v) is 8.56. The van der Waals surface area contributed by atoms with Crippen molar-refractivity contribution in [2.24, 2.45) is 0 Å². The van der Waals surface area contributed by atoms with Crippen LogP contribution < -0.4 is 14.8 Å². The number of carbonyl (C=O) groups excluding carboxylic acids is 1. The van der Waals surface area contributed by atoms with Crippen LogP contribution in [0.2, 0.25) is 5.02 Å². The van der Waals surface area contributed by atoms with Crippen molar-refractivity contribution in [1.82, 2.24) is 0 Å². The zero-order valence-corrected chi connectivity index (χ0v) is 14.7. The Morgan fingerprint density at radius 3 is 2.42 bits per heavy atom. The number of rotatable bonds is 6. The molecule has 1 aliphatic rings. The predicted molar refractivity (Wildman–Crippen MR) is 97.1 cm³/mol. The van der Waals surface area contributed by atoms with E-state index in [0.29, 0.717) is 35.4 Å². The molecule has 0 aromatic heterocycles. The van der Waals surface area contributed by atoms with Crippen LogP contribution in [-0.2, 0) is 9.59 Å². The highest BCUT2D eigenvalue weighted by atomic mass is 35.5. The topological polar surface area (TPSA) is 84.9 Å². The molecule has 0 fully saturated rings. The molecule has 2 aromatic rings. The van der Waals surface area contributed by atoms with Gasteiger partial charge in [-0.3, -0.25) is 9.59 Å². The summed E-state index contributed by atoms with van der Waals surface area (Å²) < 4.78 is 10.9. The largest absolute Gasteiger partial charge is 0.486 e. The van der Waals surface area contributed by atoms with Gasteiger partial charge in [0.1, 0.15) is 13.2 Å². The summed E-state index contributed by atoms with van der Waals surface area (Å²) in [6.07, 6.45) is -0.0986. The Kier molecular flexibility index (Phi) is 5.63. The lowest BCUT2D eigenvalue weighted by Crippen LogP contribution is -2.18. The normalized spacial score (nSPS) is 13.7. The van der Waals surface area contributed by atoms with Crippen molar-refractivity contribution in [1.29, 1.82) is 0 Å². The molecule has 0 saturated carbocycles. The van der Waals surface area contributed by atoms with E-state index in [1.54, 1.807) is 42.5 Å². The van der Waals surface area contributed by atoms with Gasteiger partial charge in [0.25, 0.3) is 0 Å². The minimum Gasteiger partial charge on any atom is -0.486 e. The third kappa shape index (κ3) is 4.67. The van der Waals surface area contributed by atoms with Crippen molar-refractivity contribution in [3.05, 3.63) is 53.1 Å². The second-order valence-electron chi connectivity index (χ2n) is 5.96. The lowest BCUT2D eigenvalue weighted by molar-refractivity contribution is -0.137. The third-order valence-electron chi connectivity index (χ3n) is 4.02. The van der Waals surface area contributed by atoms with Crippen LogP contribution in [0, 0.1) is 0 Å². The molecule has 1 aliphatic heterocycles. The number of hydrogen-bond acceptors (Lipinski definition) is 4. The first-order chi connectivity index (χ1) is 12.5. The maximum atomic E-state index is 12.4. The van der Waals surface area contributed by atoms with Crippen molar-refractivity contribution in [2.75, 3.05) is 18.5 Å². The summed E-state index contributed by atoms with van der Waals surface area (Å²) in [5.74, 6) is -0.463. The van der Waals surface area contributed by atoms with Crippen molar-refractivity contribution < 1.29 is 24.2 Å². The minimum atomic E-state index is -0.961. The van der Waals surface area contributed by atoms with E-state index < -0.39 is 11.9 Å². The molecular weight excluding hydrogens is 358 g/mol. The highest BCUT2D eigenvalue weighted by molar-refractivity contribution is 6.30. The van der Waals surface area contributed by atoms with Gasteiger partial charge in [0.05, 0.1) is 6.42 Å². The summed E-state index contributed by atoms with van der Waals surface area (Å²) in [5, 5.41) is 12.5. The van der Waals surface area contributed by atoms with Crippen molar-refractivity contribution >= 4 is 29.2 Å². The Bertz CT molecular complexity index is 806. The monoisotopic (exact) mass is 375 g/mol. The van der Waals surface area contributed by atoms with Gasteiger partial charge in [-0.05, 0) is 29.8 Å². The number of nitrogens with one attached hydrogen (secondary N) is 1. The molecule has 0 saturated heterocycles. The molecule has 2 aromatic carbocycles. The highest BCUT2D eigenvalue weighted by Crippen LogP contribution is 2.33. The molecule has 1 heterocycles. The Balaban J connectivity index is 1.69. The van der Waals surface area contributed by atoms with Crippen LogP contribution in [0.4, 0.5) is 5.69 Å². The van der Waals surface area contributed by atoms with Gasteiger partial charge in [-0.15, -0.1) is 0 Å². The third-order valence-corrected chi connectivity index (χ3v) is 4.27. The van der Waals surface area contributed by atoms with E-state index >= 15 is 0 Å². The van der Waals surface area contributed by atoms with E-state index in [-0.39, 0.29) is 18.7 Å². The maximum absolute atomic E-state index is 12.4. The predicted octanol–water partition coefficient (Wildman–Crippen LogP) is 3.70. The van der Waals surface area contributed by atoms with Gasteiger partial charge >= 0.3 is 5.97 Å². The zero-order valence-electron chi connectivity index (χ0n) is 13.9. The fourth-order valence-electron chi connectivity index (χ4n) is 2.81. The van der Waals surface area contributed by atoms with Crippen LogP contribution in [0.3, 0.4) is 0 Å². The van der Waals surface area contributed by atoms with Gasteiger partial charge in [0.15, 0.2) is 11.5 Å². The quantitative estimate of drug-likeness (QED) is 0.804. The lowest BCUT2D eigenvalue weighted by atomic mass is 9.92. The van der Waals surface area contributed by atoms with Crippen molar-refractivity contribution in [3.8, 4) is 11.5 Å². The summed E-state index contributed by atoms with van der Waals surface area (Å²) in [4.78, 5) is 23.6. The maximum Gasteiger partial charge on any atom is 0.303 e. The van der Waals surface area contributed by atoms with Crippen LogP contribution in [0.25, 0.3) is 0 Å². The van der Waals surface area contributed by atoms with Crippen LogP contribution in [0.1, 0.15) is 24.3 Å². The van der Waals surface area contributed by atoms with Gasteiger partial charge in [0, 0.05) is 29.1 Å². The molecule has 0 bridgehead atoms. The van der Waals surface area contributed by atoms with Crippen LogP contribution in [0.15, 0.2) is 42.5 Å². The molecule has 1 atom stereocenters. The number of carboxylic acid groups (broad SMARTS) is 1. The summed E-state index contributed by atoms with van der Waals surface area (Å²) in [5.41, 5.74) is 1.33. The average Bonchev–Trinajstić information content (AvgIpc) is 2.61. The Labute approximate surface area is 155 Å². The smallest absolute Gasteiger partial charge is 0.303 e. The van der Waals surface area contributed by atoms with Crippen molar-refractivity contribution in [3.63, 3.8) is 0 Å². The second kappa shape index (κ2) is 8.10. The van der Waals surface area contributed by atoms with E-state index in [1.807, 2.05) is 0 Å². The van der Waals surface area contributed by atoms with Crippen LogP contribution >= 0.6 is 11.6 Å². The van der Waals surface area contributed by atoms with E-state index in [2.05, 4.69) is 5.32 Å². The number of aliphatic carboxylic acids is 1. The number of amides is 1. The average molecular weight is 376 g/mol. The van der Waals surface area contributed by atoms with E-state index in [0.717, 1.165) is 5.56 Å². The molecule has 136 valence electrons. The number of fused-ring (bicyclic) bond motifs is 1. The Morgan fingerprint density at radius 2 is 1.73 bits per heavy atom. The number of carbonyl (C=O) groups is 2. The molecular formula is C19H18ClNO5. The van der Waals surface area contributed by atoms with Gasteiger partial charge < -0.3 is 19.9 Å². The van der Waals surface area contributed by atoms with E-state index in [9.17, 15) is 9.59 Å². The van der Waals surface area contributed by atoms with E-state index in [1.165, 1.54) is 0 Å². The minimum absolute atomic E-state index is 0.0440. The number of benzene rings is 2. The standard InChI is InChI=1S/C19H18ClNO5/c20-14-3-1-12(2-4-14)13(10-19(23)24)9-18(22)21-15-5-6-16-17(11-15)26-8-7-25-16/h1-6,11,13H,7-10H2,(H,21,22)(H,23,24)/t13-/m1/s1. The first-order valence-electron chi connectivity index (χ1n) is 8.18. The summed E-state index contributed by atoms with van der Waals surface area (Å²) in [7, 11) is 0. The SMILES string of the molecule is O=C(O)C[C@@H](CC(=O)Nc1ccc2c(c1)OCCO2)c1ccc(Cl)cc1. The van der Waals surface area contributed by atoms with Gasteiger partial charge in [-0.1, -0.05) is 23.7 Å². The molecule has 2 N–H and O–H groups in total. The second-order valence-corrected chi connectivity index (χ2v) is 6.39. The van der Waals surface area contributed by atoms with Gasteiger partial charge in [-0.2, -0.15) is 0 Å². The fourth-order valence-corrected chi connectivity index (χ4v) is 2.94. The molecule has 0 unspecified atom stereocenters. The van der Waals surface area contributed by atoms with Crippen LogP contribution in [-0.4, -0.2) is 30.2 Å². The summed E-state index contributed by atoms with van der Waals surface area (Å²) in [6, 6.07) is 12.0. The molecule has 26 heavy (non-hydrogen) atoms. The lowest BCUT2D eigenvalue weighted by Gasteiger charge is -2.19. The molecule has 1 amide bonds. The van der Waals surface area contributed by atoms with Gasteiger partial charge in [0.2, 0.25) is 5.91 Å². The Morgan fingerprint density at radius 1 is 1.04 bits per heavy atom. The number of carboxylic acids is 1. The fraction of sp³-hybridized carbons (Fsp3) is 0.263. The van der Waals surface area contributed by atoms with Crippen LogP contribution in [0.5, 0.6) is 11.5 Å². The number of anilines is 1. The first kappa shape index (κ1) is 18.1. The number of hydrogen-bond donors (Lipinski definition) is 2. The summed E-state index contributed by atoms with van der Waals surface area (Å²) >= 11 is 5.88. The van der Waals surface area contributed by atoms with E-state index in [4.69, 9.17) is 26.2 Å².